The van der Waals surface area contributed by atoms with Crippen LogP contribution in [0.1, 0.15) is 5.56 Å². The lowest BCUT2D eigenvalue weighted by Crippen LogP contribution is -2.20. The van der Waals surface area contributed by atoms with E-state index in [0.717, 1.165) is 28.3 Å². The van der Waals surface area contributed by atoms with Gasteiger partial charge in [0, 0.05) is 24.8 Å². The third kappa shape index (κ3) is 4.45. The summed E-state index contributed by atoms with van der Waals surface area (Å²) >= 11 is 0. The minimum absolute atomic E-state index is 0.138. The number of benzene rings is 2. The average molecular weight is 336 g/mol. The van der Waals surface area contributed by atoms with Gasteiger partial charge in [-0.15, -0.1) is 0 Å². The van der Waals surface area contributed by atoms with E-state index in [-0.39, 0.29) is 6.61 Å². The number of likely N-dealkylation sites (N-methyl/N-ethyl adjacent to an activating group) is 1. The van der Waals surface area contributed by atoms with Gasteiger partial charge in [-0.1, -0.05) is 12.1 Å². The first-order valence-corrected chi connectivity index (χ1v) is 7.96. The molecule has 0 atom stereocenters. The van der Waals surface area contributed by atoms with Gasteiger partial charge in [-0.2, -0.15) is 5.10 Å². The van der Waals surface area contributed by atoms with Crippen molar-refractivity contribution in [3.05, 3.63) is 66.7 Å². The maximum Gasteiger partial charge on any atom is 0.181 e. The first kappa shape index (κ1) is 16.7. The Labute approximate surface area is 146 Å². The highest BCUT2D eigenvalue weighted by Gasteiger charge is 2.01. The summed E-state index contributed by atoms with van der Waals surface area (Å²) in [5.74, 6) is 0.737. The van der Waals surface area contributed by atoms with Gasteiger partial charge in [-0.25, -0.2) is 4.98 Å². The minimum atomic E-state index is 0.138. The zero-order chi connectivity index (χ0) is 17.5. The van der Waals surface area contributed by atoms with Crippen molar-refractivity contribution in [2.45, 2.75) is 0 Å². The molecule has 3 rings (SSSR count). The molecule has 0 bridgehead atoms. The largest absolute Gasteiger partial charge is 0.444 e. The monoisotopic (exact) mass is 336 g/mol. The van der Waals surface area contributed by atoms with Crippen LogP contribution in [-0.2, 0) is 0 Å². The van der Waals surface area contributed by atoms with E-state index >= 15 is 0 Å². The lowest BCUT2D eigenvalue weighted by Gasteiger charge is -2.17. The summed E-state index contributed by atoms with van der Waals surface area (Å²) in [4.78, 5) is 5.91. The topological polar surface area (TPSA) is 73.9 Å². The highest BCUT2D eigenvalue weighted by atomic mass is 16.3. The number of anilines is 2. The first-order valence-electron chi connectivity index (χ1n) is 7.96. The van der Waals surface area contributed by atoms with Gasteiger partial charge < -0.3 is 14.4 Å². The minimum Gasteiger partial charge on any atom is -0.444 e. The van der Waals surface area contributed by atoms with Gasteiger partial charge >= 0.3 is 0 Å². The maximum absolute atomic E-state index is 8.97. The van der Waals surface area contributed by atoms with Gasteiger partial charge in [0.05, 0.1) is 24.7 Å². The standard InChI is InChI=1S/C19H20N4O2/c1-23(10-11-24)18-8-2-15(3-9-18)12-21-22-17-6-4-16(5-7-17)19-13-20-14-25-19/h2-9,12-14,22,24H,10-11H2,1H3/b21-12+. The Morgan fingerprint density at radius 3 is 2.56 bits per heavy atom. The number of rotatable bonds is 7. The molecular weight excluding hydrogens is 316 g/mol. The molecule has 0 aliphatic carbocycles. The molecule has 3 aromatic rings. The lowest BCUT2D eigenvalue weighted by molar-refractivity contribution is 0.304. The number of nitrogens with zero attached hydrogens (tertiary/aromatic N) is 3. The van der Waals surface area contributed by atoms with Crippen LogP contribution in [0.25, 0.3) is 11.3 Å². The second-order valence-corrected chi connectivity index (χ2v) is 5.55. The Morgan fingerprint density at radius 1 is 1.16 bits per heavy atom. The van der Waals surface area contributed by atoms with Crippen LogP contribution in [0.3, 0.4) is 0 Å². The van der Waals surface area contributed by atoms with Crippen molar-refractivity contribution in [1.29, 1.82) is 0 Å². The zero-order valence-corrected chi connectivity index (χ0v) is 14.0. The molecule has 6 nitrogen and oxygen atoms in total. The molecule has 1 aromatic heterocycles. The van der Waals surface area contributed by atoms with Crippen molar-refractivity contribution >= 4 is 17.6 Å². The second-order valence-electron chi connectivity index (χ2n) is 5.55. The number of aliphatic hydroxyl groups excluding tert-OH is 1. The Bertz CT molecular complexity index is 796. The quantitative estimate of drug-likeness (QED) is 0.512. The molecule has 0 radical (unpaired) electrons. The molecule has 25 heavy (non-hydrogen) atoms. The van der Waals surface area contributed by atoms with Crippen molar-refractivity contribution in [2.75, 3.05) is 30.5 Å². The summed E-state index contributed by atoms with van der Waals surface area (Å²) in [5, 5.41) is 13.2. The Balaban J connectivity index is 1.57. The fourth-order valence-corrected chi connectivity index (χ4v) is 2.34. The molecule has 2 N–H and O–H groups in total. The van der Waals surface area contributed by atoms with Gasteiger partial charge in [0.2, 0.25) is 0 Å². The fourth-order valence-electron chi connectivity index (χ4n) is 2.34. The van der Waals surface area contributed by atoms with Crippen LogP contribution >= 0.6 is 0 Å². The van der Waals surface area contributed by atoms with E-state index in [1.54, 1.807) is 12.4 Å². The molecule has 0 spiro atoms. The second kappa shape index (κ2) is 8.12. The lowest BCUT2D eigenvalue weighted by atomic mass is 10.2. The van der Waals surface area contributed by atoms with Crippen molar-refractivity contribution in [3.8, 4) is 11.3 Å². The van der Waals surface area contributed by atoms with Crippen molar-refractivity contribution in [2.24, 2.45) is 5.10 Å². The average Bonchev–Trinajstić information content (AvgIpc) is 3.18. The molecule has 0 saturated heterocycles. The summed E-state index contributed by atoms with van der Waals surface area (Å²) < 4.78 is 5.26. The molecule has 128 valence electrons. The predicted molar refractivity (Wildman–Crippen MR) is 100.0 cm³/mol. The van der Waals surface area contributed by atoms with Crippen LogP contribution in [0.5, 0.6) is 0 Å². The van der Waals surface area contributed by atoms with Crippen LogP contribution in [0.15, 0.2) is 70.6 Å². The van der Waals surface area contributed by atoms with Gasteiger partial charge in [-0.3, -0.25) is 5.43 Å². The van der Waals surface area contributed by atoms with E-state index in [9.17, 15) is 0 Å². The Morgan fingerprint density at radius 2 is 1.92 bits per heavy atom. The smallest absolute Gasteiger partial charge is 0.181 e. The van der Waals surface area contributed by atoms with E-state index in [4.69, 9.17) is 9.52 Å². The Kier molecular flexibility index (Phi) is 5.43. The predicted octanol–water partition coefficient (Wildman–Crippen LogP) is 3.22. The van der Waals surface area contributed by atoms with Crippen LogP contribution in [0, 0.1) is 0 Å². The Hall–Kier alpha value is -3.12. The van der Waals surface area contributed by atoms with E-state index in [1.807, 2.05) is 60.5 Å². The van der Waals surface area contributed by atoms with Crippen molar-refractivity contribution in [3.63, 3.8) is 0 Å². The molecule has 0 saturated carbocycles. The molecule has 0 amide bonds. The maximum atomic E-state index is 8.97. The summed E-state index contributed by atoms with van der Waals surface area (Å²) in [6.07, 6.45) is 4.86. The SMILES string of the molecule is CN(CCO)c1ccc(/C=N/Nc2ccc(-c3cnco3)cc2)cc1. The van der Waals surface area contributed by atoms with Gasteiger partial charge in [0.25, 0.3) is 0 Å². The molecule has 6 heteroatoms. The molecule has 2 aromatic carbocycles. The molecule has 0 unspecified atom stereocenters. The number of aromatic nitrogens is 1. The van der Waals surface area contributed by atoms with Gasteiger partial charge in [0.1, 0.15) is 0 Å². The first-order chi connectivity index (χ1) is 12.3. The number of hydrogen-bond acceptors (Lipinski definition) is 6. The van der Waals surface area contributed by atoms with Gasteiger partial charge in [-0.05, 0) is 42.0 Å². The third-order valence-corrected chi connectivity index (χ3v) is 3.78. The number of hydrazone groups is 1. The highest BCUT2D eigenvalue weighted by molar-refractivity contribution is 5.81. The van der Waals surface area contributed by atoms with E-state index in [0.29, 0.717) is 6.54 Å². The molecule has 0 fully saturated rings. The normalized spacial score (nSPS) is 11.0. The molecule has 1 heterocycles. The molecule has 0 aliphatic rings. The summed E-state index contributed by atoms with van der Waals surface area (Å²) in [7, 11) is 1.95. The summed E-state index contributed by atoms with van der Waals surface area (Å²) in [6.45, 7) is 0.748. The third-order valence-electron chi connectivity index (χ3n) is 3.78. The summed E-state index contributed by atoms with van der Waals surface area (Å²) in [5.41, 5.74) is 6.91. The van der Waals surface area contributed by atoms with Crippen molar-refractivity contribution < 1.29 is 9.52 Å². The van der Waals surface area contributed by atoms with Crippen LogP contribution in [0.2, 0.25) is 0 Å². The highest BCUT2D eigenvalue weighted by Crippen LogP contribution is 2.20. The summed E-state index contributed by atoms with van der Waals surface area (Å²) in [6, 6.07) is 15.7. The van der Waals surface area contributed by atoms with Crippen LogP contribution in [-0.4, -0.2) is 36.5 Å². The zero-order valence-electron chi connectivity index (χ0n) is 14.0. The van der Waals surface area contributed by atoms with E-state index in [2.05, 4.69) is 15.5 Å². The number of aliphatic hydroxyl groups is 1. The number of oxazole rings is 1. The van der Waals surface area contributed by atoms with Gasteiger partial charge in [0.15, 0.2) is 12.2 Å². The molecular formula is C19H20N4O2. The van der Waals surface area contributed by atoms with Crippen LogP contribution in [0.4, 0.5) is 11.4 Å². The fraction of sp³-hybridized carbons (Fsp3) is 0.158. The van der Waals surface area contributed by atoms with Crippen molar-refractivity contribution in [1.82, 2.24) is 4.98 Å². The molecule has 0 aliphatic heterocycles. The number of hydrogen-bond donors (Lipinski definition) is 2. The van der Waals surface area contributed by atoms with Crippen LogP contribution < -0.4 is 10.3 Å². The number of nitrogens with one attached hydrogen (secondary N) is 1. The van der Waals surface area contributed by atoms with E-state index < -0.39 is 0 Å². The van der Waals surface area contributed by atoms with E-state index in [1.165, 1.54) is 6.39 Å².